The molecule has 4 heteroatoms. The molecule has 2 aromatic heterocycles. The summed E-state index contributed by atoms with van der Waals surface area (Å²) in [4.78, 5) is 5.01. The van der Waals surface area contributed by atoms with Crippen molar-refractivity contribution in [2.75, 3.05) is 9.80 Å². The third kappa shape index (κ3) is 11.1. The first kappa shape index (κ1) is 74.0. The zero-order valence-electron chi connectivity index (χ0n) is 71.7. The maximum Gasteiger partial charge on any atom is 0.0562 e. The van der Waals surface area contributed by atoms with Gasteiger partial charge in [-0.15, -0.1) is 0 Å². The molecule has 8 bridgehead atoms. The fourth-order valence-corrected chi connectivity index (χ4v) is 27.8. The van der Waals surface area contributed by atoms with Crippen molar-refractivity contribution >= 4 is 99.3 Å². The van der Waals surface area contributed by atoms with E-state index in [2.05, 4.69) is 431 Å². The minimum atomic E-state index is 0.160. The van der Waals surface area contributed by atoms with Gasteiger partial charge in [-0.3, -0.25) is 0 Å². The third-order valence-electron chi connectivity index (χ3n) is 32.3. The van der Waals surface area contributed by atoms with E-state index in [9.17, 15) is 0 Å². The Morgan fingerprint density at radius 1 is 0.203 bits per heavy atom. The van der Waals surface area contributed by atoms with Crippen LogP contribution < -0.4 is 9.80 Å². The normalized spacial score (nSPS) is 21.5. The zero-order valence-corrected chi connectivity index (χ0v) is 71.7. The molecule has 0 amide bonds. The summed E-state index contributed by atoms with van der Waals surface area (Å²) in [6.45, 7) is 0. The summed E-state index contributed by atoms with van der Waals surface area (Å²) in [6, 6.07) is 155. The first-order valence-corrected chi connectivity index (χ1v) is 47.0. The average molecular weight is 1640 g/mol. The number of fused-ring (bicyclic) bond motifs is 14. The van der Waals surface area contributed by atoms with Crippen LogP contribution in [0.1, 0.15) is 86.5 Å². The molecule has 128 heavy (non-hydrogen) atoms. The molecule has 10 aliphatic carbocycles. The van der Waals surface area contributed by atoms with Gasteiger partial charge in [-0.05, 0) is 327 Å². The highest BCUT2D eigenvalue weighted by atomic mass is 15.2. The van der Waals surface area contributed by atoms with Crippen molar-refractivity contribution in [1.29, 1.82) is 0 Å². The van der Waals surface area contributed by atoms with Gasteiger partial charge in [-0.2, -0.15) is 0 Å². The summed E-state index contributed by atoms with van der Waals surface area (Å²) in [5, 5.41) is 9.95. The van der Waals surface area contributed by atoms with Gasteiger partial charge in [0.05, 0.1) is 39.1 Å². The fourth-order valence-electron chi connectivity index (χ4n) is 27.8. The van der Waals surface area contributed by atoms with Crippen LogP contribution in [0.15, 0.2) is 413 Å². The number of nitrogens with zero attached hydrogens (tertiary/aromatic N) is 4. The molecule has 0 N–H and O–H groups in total. The Morgan fingerprint density at radius 2 is 0.570 bits per heavy atom. The first-order valence-electron chi connectivity index (χ1n) is 47.0. The van der Waals surface area contributed by atoms with Crippen molar-refractivity contribution in [3.63, 3.8) is 0 Å². The Hall–Kier alpha value is -14.3. The van der Waals surface area contributed by atoms with Crippen molar-refractivity contribution in [2.24, 2.45) is 47.3 Å². The second kappa shape index (κ2) is 29.1. The van der Waals surface area contributed by atoms with E-state index in [-0.39, 0.29) is 10.8 Å². The number of hydrogen-bond acceptors (Lipinski definition) is 2. The van der Waals surface area contributed by atoms with Crippen molar-refractivity contribution in [3.8, 4) is 78.1 Å². The molecule has 2 spiro atoms. The molecule has 10 aliphatic rings. The lowest BCUT2D eigenvalue weighted by molar-refractivity contribution is -0.0399. The van der Waals surface area contributed by atoms with Gasteiger partial charge in [0, 0.05) is 71.6 Å². The van der Waals surface area contributed by atoms with Gasteiger partial charge in [0.25, 0.3) is 0 Å². The minimum Gasteiger partial charge on any atom is -0.310 e. The van der Waals surface area contributed by atoms with Crippen LogP contribution in [0, 0.1) is 47.3 Å². The largest absolute Gasteiger partial charge is 0.310 e. The fraction of sp³-hybridized carbons (Fsp3) is 0.161. The maximum absolute atomic E-state index is 2.57. The molecule has 18 aromatic carbocycles. The van der Waals surface area contributed by atoms with Crippen LogP contribution in [0.4, 0.5) is 34.1 Å². The molecule has 0 atom stereocenters. The van der Waals surface area contributed by atoms with E-state index in [4.69, 9.17) is 0 Å². The number of anilines is 6. The molecule has 30 rings (SSSR count). The predicted octanol–water partition coefficient (Wildman–Crippen LogP) is 32.9. The predicted molar refractivity (Wildman–Crippen MR) is 534 cm³/mol. The van der Waals surface area contributed by atoms with E-state index < -0.39 is 0 Å². The highest BCUT2D eigenvalue weighted by molar-refractivity contribution is 6.19. The van der Waals surface area contributed by atoms with Crippen LogP contribution in [-0.4, -0.2) is 9.13 Å². The SMILES string of the molecule is c1ccc(-c2ccc(N(c3ccc4c(c3)c3ccccc3n4-c3ccccc3)c3cccc4cccc(-c5ccc6c(c5)-c5ccccc5C65C6CC7CC(C6)CC5C7)c34)cc2)cc1.c1ccc(-c2ccc(N(c3cccc4c(-c5ccc6c(c5)-c5ccccc5C65C6CC7CC(C6)CC5C7)cccc34)c3cccc4c3c3ccccc3n4-c3ccccc3)cc2)cc1. The van der Waals surface area contributed by atoms with Crippen LogP contribution >= 0.6 is 0 Å². The third-order valence-corrected chi connectivity index (χ3v) is 32.3. The summed E-state index contributed by atoms with van der Waals surface area (Å²) in [5.41, 5.74) is 36.6. The second-order valence-electron chi connectivity index (χ2n) is 38.6. The molecular formula is C124H96N4. The van der Waals surface area contributed by atoms with Crippen molar-refractivity contribution < 1.29 is 0 Å². The highest BCUT2D eigenvalue weighted by Crippen LogP contribution is 2.72. The summed E-state index contributed by atoms with van der Waals surface area (Å²) in [6.07, 6.45) is 14.2. The maximum atomic E-state index is 2.57. The molecule has 4 nitrogen and oxygen atoms in total. The van der Waals surface area contributed by atoms with Gasteiger partial charge >= 0.3 is 0 Å². The Labute approximate surface area is 748 Å². The van der Waals surface area contributed by atoms with Crippen molar-refractivity contribution in [2.45, 2.75) is 75.0 Å². The molecule has 2 heterocycles. The summed E-state index contributed by atoms with van der Waals surface area (Å²) in [5.74, 6) is 6.75. The highest BCUT2D eigenvalue weighted by Gasteiger charge is 2.63. The van der Waals surface area contributed by atoms with Gasteiger partial charge < -0.3 is 18.9 Å². The average Bonchev–Trinajstić information content (AvgIpc) is 1.48. The Morgan fingerprint density at radius 3 is 1.14 bits per heavy atom. The first-order chi connectivity index (χ1) is 63.4. The molecule has 0 unspecified atom stereocenters. The minimum absolute atomic E-state index is 0.160. The number of hydrogen-bond donors (Lipinski definition) is 0. The van der Waals surface area contributed by atoms with Gasteiger partial charge in [0.1, 0.15) is 0 Å². The van der Waals surface area contributed by atoms with Gasteiger partial charge in [0.2, 0.25) is 0 Å². The second-order valence-corrected chi connectivity index (χ2v) is 38.6. The molecule has 0 saturated heterocycles. The number of rotatable bonds is 12. The number of benzene rings is 18. The van der Waals surface area contributed by atoms with E-state index in [1.54, 1.807) is 22.3 Å². The molecule has 612 valence electrons. The van der Waals surface area contributed by atoms with Crippen LogP contribution in [-0.2, 0) is 10.8 Å². The lowest BCUT2D eigenvalue weighted by Gasteiger charge is -2.61. The molecule has 8 fully saturated rings. The van der Waals surface area contributed by atoms with E-state index in [0.29, 0.717) is 0 Å². The smallest absolute Gasteiger partial charge is 0.0562 e. The molecule has 20 aromatic rings. The standard InChI is InChI=1S/2C62H48N2/c1-3-14-42(15-4-1)43-28-31-48(32-29-43)64(60-27-13-26-59-61(60)53-19-8-10-24-58(53)63(59)47-16-5-2-6-17-47)57-25-12-21-50-49(20-11-22-52(50)57)44-30-33-56-54(39-44)51-18-7-9-23-55(51)62(56)45-35-40-34-41(37-45)38-46(62)36-40;1-3-13-42(14-4-1)43-25-28-49(29-26-43)63(50-30-32-59-55(39-50)53-20-8-10-23-58(53)64(59)48-17-5-2-6-18-48)60-24-12-16-44-15-11-21-51(61(44)60)45-27-31-57-54(38-45)52-19-7-9-22-56(52)62(57)46-34-40-33-41(36-46)37-47(62)35-40/h1-33,39-41,45-46H,34-38H2;1-32,38-41,46-47H,33-37H2. The van der Waals surface area contributed by atoms with Gasteiger partial charge in [-0.1, -0.05) is 297 Å². The van der Waals surface area contributed by atoms with Gasteiger partial charge in [0.15, 0.2) is 0 Å². The van der Waals surface area contributed by atoms with E-state index in [1.165, 1.54) is 208 Å². The lowest BCUT2D eigenvalue weighted by Crippen LogP contribution is -2.55. The molecular weight excluding hydrogens is 1550 g/mol. The Balaban J connectivity index is 0.000000132. The van der Waals surface area contributed by atoms with Crippen molar-refractivity contribution in [1.82, 2.24) is 9.13 Å². The van der Waals surface area contributed by atoms with Gasteiger partial charge in [-0.25, -0.2) is 0 Å². The topological polar surface area (TPSA) is 16.3 Å². The monoisotopic (exact) mass is 1640 g/mol. The van der Waals surface area contributed by atoms with E-state index >= 15 is 0 Å². The zero-order chi connectivity index (χ0) is 83.9. The van der Waals surface area contributed by atoms with Crippen molar-refractivity contribution in [3.05, 3.63) is 435 Å². The summed E-state index contributed by atoms with van der Waals surface area (Å²) >= 11 is 0. The van der Waals surface area contributed by atoms with Crippen LogP contribution in [0.25, 0.3) is 143 Å². The number of aromatic nitrogens is 2. The van der Waals surface area contributed by atoms with Crippen LogP contribution in [0.2, 0.25) is 0 Å². The van der Waals surface area contributed by atoms with E-state index in [0.717, 1.165) is 81.5 Å². The van der Waals surface area contributed by atoms with Crippen LogP contribution in [0.3, 0.4) is 0 Å². The summed E-state index contributed by atoms with van der Waals surface area (Å²) < 4.78 is 4.83. The molecule has 0 radical (unpaired) electrons. The van der Waals surface area contributed by atoms with Crippen LogP contribution in [0.5, 0.6) is 0 Å². The number of para-hydroxylation sites is 4. The lowest BCUT2D eigenvalue weighted by atomic mass is 9.43. The van der Waals surface area contributed by atoms with E-state index in [1.807, 2.05) is 0 Å². The summed E-state index contributed by atoms with van der Waals surface area (Å²) in [7, 11) is 0. The quantitative estimate of drug-likeness (QED) is 0.121. The molecule has 0 aliphatic heterocycles. The molecule has 8 saturated carbocycles. The Bertz CT molecular complexity index is 7770. The Kier molecular flexibility index (Phi) is 16.8.